The summed E-state index contributed by atoms with van der Waals surface area (Å²) in [5.41, 5.74) is 5.77. The first-order valence-corrected chi connectivity index (χ1v) is 7.46. The summed E-state index contributed by atoms with van der Waals surface area (Å²) in [7, 11) is 0. The van der Waals surface area contributed by atoms with Crippen molar-refractivity contribution in [3.8, 4) is 0 Å². The van der Waals surface area contributed by atoms with Crippen LogP contribution >= 0.6 is 0 Å². The lowest BCUT2D eigenvalue weighted by molar-refractivity contribution is -0.119. The maximum atomic E-state index is 10.9. The normalized spacial score (nSPS) is 15.8. The van der Waals surface area contributed by atoms with E-state index in [1.807, 2.05) is 13.0 Å². The second-order valence-electron chi connectivity index (χ2n) is 5.37. The molecule has 0 bridgehead atoms. The average Bonchev–Trinajstić information content (AvgIpc) is 2.45. The molecule has 1 aromatic rings. The zero-order chi connectivity index (χ0) is 15.2. The van der Waals surface area contributed by atoms with Gasteiger partial charge < -0.3 is 21.3 Å². The lowest BCUT2D eigenvalue weighted by atomic mass is 9.97. The van der Waals surface area contributed by atoms with Crippen LogP contribution in [-0.2, 0) is 4.79 Å². The zero-order valence-electron chi connectivity index (χ0n) is 12.7. The van der Waals surface area contributed by atoms with E-state index in [4.69, 9.17) is 5.73 Å². The molecule has 0 unspecified atom stereocenters. The molecule has 2 rings (SSSR count). The fraction of sp³-hybridized carbons (Fsp3) is 0.643. The minimum Gasteiger partial charge on any atom is -0.370 e. The van der Waals surface area contributed by atoms with Crippen LogP contribution in [0.25, 0.3) is 0 Å². The van der Waals surface area contributed by atoms with E-state index in [9.17, 15) is 4.79 Å². The van der Waals surface area contributed by atoms with E-state index in [1.165, 1.54) is 0 Å². The van der Waals surface area contributed by atoms with Crippen LogP contribution in [0.2, 0.25) is 0 Å². The van der Waals surface area contributed by atoms with E-state index < -0.39 is 0 Å². The van der Waals surface area contributed by atoms with Crippen LogP contribution in [0, 0.1) is 5.92 Å². The van der Waals surface area contributed by atoms with Gasteiger partial charge in [-0.25, -0.2) is 0 Å². The van der Waals surface area contributed by atoms with Crippen LogP contribution in [0.3, 0.4) is 0 Å². The smallest absolute Gasteiger partial charge is 0.223 e. The van der Waals surface area contributed by atoms with Gasteiger partial charge in [0.2, 0.25) is 11.9 Å². The lowest BCUT2D eigenvalue weighted by Gasteiger charge is -2.33. The monoisotopic (exact) mass is 292 g/mol. The average molecular weight is 292 g/mol. The first kappa shape index (κ1) is 15.3. The van der Waals surface area contributed by atoms with Gasteiger partial charge in [0.05, 0.1) is 0 Å². The first-order valence-electron chi connectivity index (χ1n) is 7.46. The third kappa shape index (κ3) is 4.47. The third-order valence-electron chi connectivity index (χ3n) is 3.67. The standard InChI is InChI=1S/C14H24N6O/c1-3-16-12-8-13(19-14(15)18-12)20-6-4-11(5-7-20)9-17-10(2)21/h8,11H,3-7,9H2,1-2H3,(H,17,21)(H3,15,16,18,19). The molecule has 1 saturated heterocycles. The number of hydrogen-bond donors (Lipinski definition) is 3. The minimum atomic E-state index is 0.0382. The van der Waals surface area contributed by atoms with Gasteiger partial charge in [0.15, 0.2) is 0 Å². The molecule has 0 aromatic carbocycles. The summed E-state index contributed by atoms with van der Waals surface area (Å²) < 4.78 is 0. The van der Waals surface area contributed by atoms with Crippen molar-refractivity contribution in [2.24, 2.45) is 5.92 Å². The quantitative estimate of drug-likeness (QED) is 0.744. The minimum absolute atomic E-state index is 0.0382. The molecule has 0 spiro atoms. The fourth-order valence-electron chi connectivity index (χ4n) is 2.54. The Morgan fingerprint density at radius 2 is 2.14 bits per heavy atom. The summed E-state index contributed by atoms with van der Waals surface area (Å²) in [5.74, 6) is 2.51. The van der Waals surface area contributed by atoms with E-state index in [0.717, 1.165) is 50.7 Å². The van der Waals surface area contributed by atoms with Crippen LogP contribution < -0.4 is 21.3 Å². The van der Waals surface area contributed by atoms with Crippen molar-refractivity contribution in [3.63, 3.8) is 0 Å². The second-order valence-corrected chi connectivity index (χ2v) is 5.37. The number of nitrogens with two attached hydrogens (primary N) is 1. The van der Waals surface area contributed by atoms with Gasteiger partial charge >= 0.3 is 0 Å². The summed E-state index contributed by atoms with van der Waals surface area (Å²) in [6.45, 7) is 6.98. The van der Waals surface area contributed by atoms with E-state index in [2.05, 4.69) is 25.5 Å². The van der Waals surface area contributed by atoms with E-state index in [0.29, 0.717) is 11.9 Å². The van der Waals surface area contributed by atoms with E-state index in [1.54, 1.807) is 6.92 Å². The van der Waals surface area contributed by atoms with Crippen LogP contribution in [0.1, 0.15) is 26.7 Å². The van der Waals surface area contributed by atoms with Crippen LogP contribution in [-0.4, -0.2) is 42.1 Å². The topological polar surface area (TPSA) is 96.2 Å². The number of nitrogen functional groups attached to an aromatic ring is 1. The van der Waals surface area contributed by atoms with E-state index >= 15 is 0 Å². The summed E-state index contributed by atoms with van der Waals surface area (Å²) >= 11 is 0. The summed E-state index contributed by atoms with van der Waals surface area (Å²) in [5, 5.41) is 6.06. The Bertz CT molecular complexity index is 484. The molecule has 116 valence electrons. The van der Waals surface area contributed by atoms with Crippen LogP contribution in [0.4, 0.5) is 17.6 Å². The largest absolute Gasteiger partial charge is 0.370 e. The molecule has 1 fully saturated rings. The molecule has 0 aliphatic carbocycles. The predicted octanol–water partition coefficient (Wildman–Crippen LogP) is 0.843. The highest BCUT2D eigenvalue weighted by atomic mass is 16.1. The molecule has 1 aliphatic heterocycles. The van der Waals surface area contributed by atoms with Crippen molar-refractivity contribution in [1.29, 1.82) is 0 Å². The van der Waals surface area contributed by atoms with Gasteiger partial charge in [0.25, 0.3) is 0 Å². The fourth-order valence-corrected chi connectivity index (χ4v) is 2.54. The number of anilines is 3. The molecule has 0 radical (unpaired) electrons. The van der Waals surface area contributed by atoms with E-state index in [-0.39, 0.29) is 5.91 Å². The van der Waals surface area contributed by atoms with Crippen molar-refractivity contribution in [1.82, 2.24) is 15.3 Å². The van der Waals surface area contributed by atoms with Gasteiger partial charge in [-0.1, -0.05) is 0 Å². The van der Waals surface area contributed by atoms with Gasteiger partial charge in [-0.2, -0.15) is 9.97 Å². The Morgan fingerprint density at radius 1 is 1.43 bits per heavy atom. The number of piperidine rings is 1. The van der Waals surface area contributed by atoms with Crippen molar-refractivity contribution >= 4 is 23.5 Å². The number of amides is 1. The molecule has 7 nitrogen and oxygen atoms in total. The first-order chi connectivity index (χ1) is 10.1. The molecule has 7 heteroatoms. The number of rotatable bonds is 5. The van der Waals surface area contributed by atoms with Gasteiger partial charge in [0.1, 0.15) is 11.6 Å². The molecule has 2 heterocycles. The Hall–Kier alpha value is -2.05. The highest BCUT2D eigenvalue weighted by Gasteiger charge is 2.21. The highest BCUT2D eigenvalue weighted by molar-refractivity contribution is 5.72. The molecule has 0 atom stereocenters. The van der Waals surface area contributed by atoms with Crippen molar-refractivity contribution < 1.29 is 4.79 Å². The predicted molar refractivity (Wildman–Crippen MR) is 84.2 cm³/mol. The third-order valence-corrected chi connectivity index (χ3v) is 3.67. The molecule has 4 N–H and O–H groups in total. The van der Waals surface area contributed by atoms with Crippen molar-refractivity contribution in [2.75, 3.05) is 42.1 Å². The van der Waals surface area contributed by atoms with Gasteiger partial charge in [0, 0.05) is 39.2 Å². The number of carbonyl (C=O) groups is 1. The SMILES string of the molecule is CCNc1cc(N2CCC(CNC(C)=O)CC2)nc(N)n1. The van der Waals surface area contributed by atoms with Crippen molar-refractivity contribution in [3.05, 3.63) is 6.07 Å². The molecule has 0 saturated carbocycles. The zero-order valence-corrected chi connectivity index (χ0v) is 12.7. The van der Waals surface area contributed by atoms with Crippen molar-refractivity contribution in [2.45, 2.75) is 26.7 Å². The maximum Gasteiger partial charge on any atom is 0.223 e. The number of nitrogens with one attached hydrogen (secondary N) is 2. The Kier molecular flexibility index (Phi) is 5.19. The number of carbonyl (C=O) groups excluding carboxylic acids is 1. The van der Waals surface area contributed by atoms with Crippen LogP contribution in [0.5, 0.6) is 0 Å². The molecule has 1 aromatic heterocycles. The Balaban J connectivity index is 1.94. The second kappa shape index (κ2) is 7.10. The Morgan fingerprint density at radius 3 is 2.76 bits per heavy atom. The molecule has 1 amide bonds. The maximum absolute atomic E-state index is 10.9. The molecule has 1 aliphatic rings. The van der Waals surface area contributed by atoms with Gasteiger partial charge in [-0.3, -0.25) is 4.79 Å². The number of aromatic nitrogens is 2. The highest BCUT2D eigenvalue weighted by Crippen LogP contribution is 2.23. The van der Waals surface area contributed by atoms with Gasteiger partial charge in [-0.15, -0.1) is 0 Å². The summed E-state index contributed by atoms with van der Waals surface area (Å²) in [6.07, 6.45) is 2.08. The lowest BCUT2D eigenvalue weighted by Crippen LogP contribution is -2.38. The summed E-state index contributed by atoms with van der Waals surface area (Å²) in [6, 6.07) is 1.94. The van der Waals surface area contributed by atoms with Gasteiger partial charge in [-0.05, 0) is 25.7 Å². The number of nitrogens with zero attached hydrogens (tertiary/aromatic N) is 3. The number of hydrogen-bond acceptors (Lipinski definition) is 6. The van der Waals surface area contributed by atoms with Crippen LogP contribution in [0.15, 0.2) is 6.07 Å². The molecular formula is C14H24N6O. The Labute approximate surface area is 125 Å². The summed E-state index contributed by atoms with van der Waals surface area (Å²) in [4.78, 5) is 21.7. The molecular weight excluding hydrogens is 268 g/mol. The molecule has 21 heavy (non-hydrogen) atoms.